The van der Waals surface area contributed by atoms with E-state index in [0.717, 1.165) is 23.1 Å². The van der Waals surface area contributed by atoms with E-state index in [1.165, 1.54) is 0 Å². The van der Waals surface area contributed by atoms with Gasteiger partial charge in [0.2, 0.25) is 0 Å². The van der Waals surface area contributed by atoms with Crippen LogP contribution in [0.15, 0.2) is 36.5 Å². The van der Waals surface area contributed by atoms with E-state index in [4.69, 9.17) is 5.73 Å². The minimum atomic E-state index is -0.0384. The van der Waals surface area contributed by atoms with Crippen LogP contribution in [0.25, 0.3) is 11.1 Å². The van der Waals surface area contributed by atoms with Gasteiger partial charge in [-0.1, -0.05) is 26.0 Å². The largest absolute Gasteiger partial charge is 0.384 e. The van der Waals surface area contributed by atoms with Crippen molar-refractivity contribution in [3.8, 4) is 11.1 Å². The van der Waals surface area contributed by atoms with Gasteiger partial charge in [-0.3, -0.25) is 4.79 Å². The molecule has 0 aliphatic carbocycles. The number of amides is 1. The van der Waals surface area contributed by atoms with E-state index in [9.17, 15) is 4.79 Å². The van der Waals surface area contributed by atoms with Gasteiger partial charge in [-0.25, -0.2) is 4.98 Å². The van der Waals surface area contributed by atoms with Gasteiger partial charge in [-0.2, -0.15) is 0 Å². The number of nitrogens with one attached hydrogen (secondary N) is 1. The van der Waals surface area contributed by atoms with Crippen LogP contribution in [0.1, 0.15) is 36.2 Å². The molecule has 0 aliphatic heterocycles. The van der Waals surface area contributed by atoms with Gasteiger partial charge in [0, 0.05) is 23.9 Å². The standard InChI is InChI=1S/C18H23N3O/c1-12(2)7-8-20-18(22)15-6-4-5-14(10-15)16-11-21-17(19)9-13(16)3/h4-6,9-12H,7-8H2,1-3H3,(H2,19,21)(H,20,22). The van der Waals surface area contributed by atoms with E-state index < -0.39 is 0 Å². The summed E-state index contributed by atoms with van der Waals surface area (Å²) >= 11 is 0. The number of hydrogen-bond donors (Lipinski definition) is 2. The molecule has 0 bridgehead atoms. The molecule has 0 fully saturated rings. The molecule has 1 aromatic carbocycles. The van der Waals surface area contributed by atoms with Crippen molar-refractivity contribution >= 4 is 11.7 Å². The first-order valence-electron chi connectivity index (χ1n) is 7.58. The molecular formula is C18H23N3O. The summed E-state index contributed by atoms with van der Waals surface area (Å²) in [5.74, 6) is 1.04. The van der Waals surface area contributed by atoms with Crippen molar-refractivity contribution in [1.82, 2.24) is 10.3 Å². The van der Waals surface area contributed by atoms with Crippen molar-refractivity contribution in [3.05, 3.63) is 47.7 Å². The number of carbonyl (C=O) groups is 1. The number of anilines is 1. The van der Waals surface area contributed by atoms with Crippen LogP contribution in [0, 0.1) is 12.8 Å². The second-order valence-corrected chi connectivity index (χ2v) is 5.94. The van der Waals surface area contributed by atoms with Crippen LogP contribution >= 0.6 is 0 Å². The zero-order valence-electron chi connectivity index (χ0n) is 13.4. The highest BCUT2D eigenvalue weighted by atomic mass is 16.1. The Labute approximate surface area is 131 Å². The van der Waals surface area contributed by atoms with Gasteiger partial charge in [-0.15, -0.1) is 0 Å². The van der Waals surface area contributed by atoms with Gasteiger partial charge < -0.3 is 11.1 Å². The van der Waals surface area contributed by atoms with Crippen molar-refractivity contribution < 1.29 is 4.79 Å². The molecule has 0 aliphatic rings. The highest BCUT2D eigenvalue weighted by Gasteiger charge is 2.09. The van der Waals surface area contributed by atoms with Crippen LogP contribution < -0.4 is 11.1 Å². The maximum absolute atomic E-state index is 12.2. The molecule has 22 heavy (non-hydrogen) atoms. The summed E-state index contributed by atoms with van der Waals surface area (Å²) in [6, 6.07) is 9.43. The SMILES string of the molecule is Cc1cc(N)ncc1-c1cccc(C(=O)NCCC(C)C)c1. The van der Waals surface area contributed by atoms with Gasteiger partial charge in [-0.05, 0) is 48.6 Å². The molecule has 0 spiro atoms. The Morgan fingerprint density at radius 3 is 2.77 bits per heavy atom. The summed E-state index contributed by atoms with van der Waals surface area (Å²) in [7, 11) is 0. The lowest BCUT2D eigenvalue weighted by atomic mass is 10.0. The number of benzene rings is 1. The van der Waals surface area contributed by atoms with Crippen molar-refractivity contribution in [3.63, 3.8) is 0 Å². The highest BCUT2D eigenvalue weighted by Crippen LogP contribution is 2.24. The second-order valence-electron chi connectivity index (χ2n) is 5.94. The lowest BCUT2D eigenvalue weighted by Gasteiger charge is -2.10. The first-order chi connectivity index (χ1) is 10.5. The molecule has 1 aromatic heterocycles. The van der Waals surface area contributed by atoms with E-state index in [1.807, 2.05) is 37.3 Å². The average Bonchev–Trinajstić information content (AvgIpc) is 2.47. The fourth-order valence-electron chi connectivity index (χ4n) is 2.28. The maximum Gasteiger partial charge on any atom is 0.251 e. The van der Waals surface area contributed by atoms with Crippen LogP contribution in [-0.2, 0) is 0 Å². The molecule has 0 saturated carbocycles. The Morgan fingerprint density at radius 1 is 1.32 bits per heavy atom. The first-order valence-corrected chi connectivity index (χ1v) is 7.58. The number of nitrogens with zero attached hydrogens (tertiary/aromatic N) is 1. The summed E-state index contributed by atoms with van der Waals surface area (Å²) in [4.78, 5) is 16.3. The molecule has 4 heteroatoms. The van der Waals surface area contributed by atoms with Gasteiger partial charge in [0.25, 0.3) is 5.91 Å². The Morgan fingerprint density at radius 2 is 2.09 bits per heavy atom. The molecule has 2 rings (SSSR count). The van der Waals surface area contributed by atoms with E-state index >= 15 is 0 Å². The minimum absolute atomic E-state index is 0.0384. The summed E-state index contributed by atoms with van der Waals surface area (Å²) in [6.45, 7) is 6.97. The predicted molar refractivity (Wildman–Crippen MR) is 90.6 cm³/mol. The summed E-state index contributed by atoms with van der Waals surface area (Å²) < 4.78 is 0. The number of aryl methyl sites for hydroxylation is 1. The van der Waals surface area contributed by atoms with Gasteiger partial charge in [0.05, 0.1) is 0 Å². The topological polar surface area (TPSA) is 68.0 Å². The fourth-order valence-corrected chi connectivity index (χ4v) is 2.28. The van der Waals surface area contributed by atoms with Crippen molar-refractivity contribution in [2.24, 2.45) is 5.92 Å². The molecule has 4 nitrogen and oxygen atoms in total. The highest BCUT2D eigenvalue weighted by molar-refractivity contribution is 5.95. The van der Waals surface area contributed by atoms with E-state index in [1.54, 1.807) is 6.20 Å². The quantitative estimate of drug-likeness (QED) is 0.888. The van der Waals surface area contributed by atoms with E-state index in [-0.39, 0.29) is 5.91 Å². The van der Waals surface area contributed by atoms with Gasteiger partial charge in [0.15, 0.2) is 0 Å². The molecule has 0 radical (unpaired) electrons. The van der Waals surface area contributed by atoms with Crippen LogP contribution in [0.2, 0.25) is 0 Å². The lowest BCUT2D eigenvalue weighted by Crippen LogP contribution is -2.25. The molecule has 0 unspecified atom stereocenters. The zero-order chi connectivity index (χ0) is 16.1. The Bertz CT molecular complexity index is 665. The third-order valence-electron chi connectivity index (χ3n) is 3.57. The summed E-state index contributed by atoms with van der Waals surface area (Å²) in [5.41, 5.74) is 9.36. The van der Waals surface area contributed by atoms with Crippen molar-refractivity contribution in [2.45, 2.75) is 27.2 Å². The summed E-state index contributed by atoms with van der Waals surface area (Å²) in [6.07, 6.45) is 2.73. The number of rotatable bonds is 5. The number of aromatic nitrogens is 1. The molecule has 3 N–H and O–H groups in total. The number of carbonyl (C=O) groups excluding carboxylic acids is 1. The van der Waals surface area contributed by atoms with E-state index in [2.05, 4.69) is 24.1 Å². The van der Waals surface area contributed by atoms with Crippen LogP contribution in [-0.4, -0.2) is 17.4 Å². The van der Waals surface area contributed by atoms with Crippen molar-refractivity contribution in [1.29, 1.82) is 0 Å². The molecule has 1 heterocycles. The Hall–Kier alpha value is -2.36. The molecule has 0 atom stereocenters. The predicted octanol–water partition coefficient (Wildman–Crippen LogP) is 3.42. The molecule has 0 saturated heterocycles. The summed E-state index contributed by atoms with van der Waals surface area (Å²) in [5, 5.41) is 2.96. The molecule has 2 aromatic rings. The molecule has 1 amide bonds. The molecule has 116 valence electrons. The first kappa shape index (κ1) is 16.0. The van der Waals surface area contributed by atoms with Crippen LogP contribution in [0.3, 0.4) is 0 Å². The average molecular weight is 297 g/mol. The van der Waals surface area contributed by atoms with Crippen LogP contribution in [0.4, 0.5) is 5.82 Å². The second kappa shape index (κ2) is 7.07. The fraction of sp³-hybridized carbons (Fsp3) is 0.333. The zero-order valence-corrected chi connectivity index (χ0v) is 13.4. The monoisotopic (exact) mass is 297 g/mol. The number of hydrogen-bond acceptors (Lipinski definition) is 3. The normalized spacial score (nSPS) is 10.7. The smallest absolute Gasteiger partial charge is 0.251 e. The van der Waals surface area contributed by atoms with Crippen LogP contribution in [0.5, 0.6) is 0 Å². The Balaban J connectivity index is 2.17. The third kappa shape index (κ3) is 4.07. The third-order valence-corrected chi connectivity index (χ3v) is 3.57. The minimum Gasteiger partial charge on any atom is -0.384 e. The molecular weight excluding hydrogens is 274 g/mol. The Kier molecular flexibility index (Phi) is 5.15. The van der Waals surface area contributed by atoms with E-state index in [0.29, 0.717) is 23.8 Å². The maximum atomic E-state index is 12.2. The number of nitrogens with two attached hydrogens (primary N) is 1. The van der Waals surface area contributed by atoms with Gasteiger partial charge in [0.1, 0.15) is 5.82 Å². The van der Waals surface area contributed by atoms with Gasteiger partial charge >= 0.3 is 0 Å². The number of pyridine rings is 1. The lowest BCUT2D eigenvalue weighted by molar-refractivity contribution is 0.0952. The number of nitrogen functional groups attached to an aromatic ring is 1. The van der Waals surface area contributed by atoms with Crippen molar-refractivity contribution in [2.75, 3.05) is 12.3 Å².